The van der Waals surface area contributed by atoms with Crippen LogP contribution in [0.3, 0.4) is 0 Å². The number of carbonyl (C=O) groups excluding carboxylic acids is 1. The van der Waals surface area contributed by atoms with E-state index in [2.05, 4.69) is 10.2 Å². The van der Waals surface area contributed by atoms with Gasteiger partial charge >= 0.3 is 0 Å². The summed E-state index contributed by atoms with van der Waals surface area (Å²) in [7, 11) is 0. The highest BCUT2D eigenvalue weighted by atomic mass is 35.5. The van der Waals surface area contributed by atoms with E-state index in [4.69, 9.17) is 27.6 Å². The zero-order chi connectivity index (χ0) is 21.1. The Hall–Kier alpha value is -2.97. The van der Waals surface area contributed by atoms with Crippen molar-refractivity contribution >= 4 is 34.8 Å². The van der Waals surface area contributed by atoms with Gasteiger partial charge in [-0.2, -0.15) is 0 Å². The molecule has 0 bridgehead atoms. The Labute approximate surface area is 176 Å². The van der Waals surface area contributed by atoms with Gasteiger partial charge in [0.25, 0.3) is 11.6 Å². The predicted molar refractivity (Wildman–Crippen MR) is 108 cm³/mol. The first-order valence-electron chi connectivity index (χ1n) is 8.60. The minimum Gasteiger partial charge on any atom is -0.419 e. The molecule has 0 aliphatic rings. The fourth-order valence-electron chi connectivity index (χ4n) is 2.65. The van der Waals surface area contributed by atoms with Gasteiger partial charge in [-0.15, -0.1) is 10.2 Å². The van der Waals surface area contributed by atoms with E-state index >= 15 is 0 Å². The van der Waals surface area contributed by atoms with Crippen LogP contribution in [0.4, 0.5) is 5.69 Å². The molecule has 0 atom stereocenters. The molecule has 1 heterocycles. The molecule has 1 amide bonds. The van der Waals surface area contributed by atoms with E-state index in [-0.39, 0.29) is 40.6 Å². The normalized spacial score (nSPS) is 10.9. The van der Waals surface area contributed by atoms with E-state index in [0.29, 0.717) is 10.6 Å². The van der Waals surface area contributed by atoms with Crippen LogP contribution in [0.15, 0.2) is 46.9 Å². The van der Waals surface area contributed by atoms with Gasteiger partial charge in [-0.3, -0.25) is 14.9 Å². The molecular weight excluding hydrogens is 419 g/mol. The molecule has 3 rings (SSSR count). The zero-order valence-corrected chi connectivity index (χ0v) is 17.0. The van der Waals surface area contributed by atoms with E-state index in [1.54, 1.807) is 24.3 Å². The molecule has 0 radical (unpaired) electrons. The average Bonchev–Trinajstić information content (AvgIpc) is 3.14. The van der Waals surface area contributed by atoms with E-state index in [1.807, 2.05) is 13.8 Å². The molecular formula is C19H16Cl2N4O4. The lowest BCUT2D eigenvalue weighted by molar-refractivity contribution is -0.384. The summed E-state index contributed by atoms with van der Waals surface area (Å²) in [4.78, 5) is 24.9. The Kier molecular flexibility index (Phi) is 6.14. The Morgan fingerprint density at radius 2 is 1.90 bits per heavy atom. The van der Waals surface area contributed by atoms with E-state index in [0.717, 1.165) is 6.07 Å². The number of hydrogen-bond donors (Lipinski definition) is 0. The summed E-state index contributed by atoms with van der Waals surface area (Å²) in [5, 5.41) is 19.5. The molecule has 1 aromatic heterocycles. The number of nitro groups is 1. The standard InChI is InChI=1S/C19H16Cl2N4O4/c1-11(2)24(19(26)12-7-8-15(21)16(9-12)25(27)28)10-17-22-23-18(29-17)13-5-3-4-6-14(13)20/h3-9,11H,10H2,1-2H3. The number of halogens is 2. The van der Waals surface area contributed by atoms with Gasteiger partial charge in [-0.05, 0) is 38.1 Å². The van der Waals surface area contributed by atoms with Gasteiger partial charge in [-0.1, -0.05) is 35.3 Å². The van der Waals surface area contributed by atoms with Gasteiger partial charge in [0, 0.05) is 17.7 Å². The van der Waals surface area contributed by atoms with Gasteiger partial charge in [0.1, 0.15) is 5.02 Å². The van der Waals surface area contributed by atoms with Crippen LogP contribution in [0.1, 0.15) is 30.1 Å². The first kappa shape index (κ1) is 20.8. The molecule has 0 N–H and O–H groups in total. The van der Waals surface area contributed by atoms with Crippen molar-refractivity contribution in [3.8, 4) is 11.5 Å². The van der Waals surface area contributed by atoms with Crippen LogP contribution in [-0.2, 0) is 6.54 Å². The molecule has 10 heteroatoms. The van der Waals surface area contributed by atoms with Gasteiger partial charge < -0.3 is 9.32 Å². The van der Waals surface area contributed by atoms with Gasteiger partial charge in [0.15, 0.2) is 0 Å². The Balaban J connectivity index is 1.86. The average molecular weight is 435 g/mol. The fourth-order valence-corrected chi connectivity index (χ4v) is 3.05. The molecule has 150 valence electrons. The van der Waals surface area contributed by atoms with Crippen LogP contribution in [0.25, 0.3) is 11.5 Å². The van der Waals surface area contributed by atoms with Crippen LogP contribution >= 0.6 is 23.2 Å². The lowest BCUT2D eigenvalue weighted by Gasteiger charge is -2.25. The first-order chi connectivity index (χ1) is 13.8. The molecule has 0 fully saturated rings. The van der Waals surface area contributed by atoms with Crippen molar-refractivity contribution in [1.82, 2.24) is 15.1 Å². The van der Waals surface area contributed by atoms with Crippen molar-refractivity contribution in [3.63, 3.8) is 0 Å². The largest absolute Gasteiger partial charge is 0.419 e. The summed E-state index contributed by atoms with van der Waals surface area (Å²) in [6.45, 7) is 3.66. The van der Waals surface area contributed by atoms with Gasteiger partial charge in [-0.25, -0.2) is 0 Å². The highest BCUT2D eigenvalue weighted by Crippen LogP contribution is 2.28. The summed E-state index contributed by atoms with van der Waals surface area (Å²) in [6, 6.07) is 10.7. The third kappa shape index (κ3) is 4.55. The Morgan fingerprint density at radius 1 is 1.17 bits per heavy atom. The summed E-state index contributed by atoms with van der Waals surface area (Å²) in [5.74, 6) is 0.0339. The van der Waals surface area contributed by atoms with E-state index in [9.17, 15) is 14.9 Å². The summed E-state index contributed by atoms with van der Waals surface area (Å²) < 4.78 is 5.67. The number of rotatable bonds is 6. The number of aromatic nitrogens is 2. The zero-order valence-electron chi connectivity index (χ0n) is 15.5. The van der Waals surface area contributed by atoms with Crippen LogP contribution in [0.5, 0.6) is 0 Å². The van der Waals surface area contributed by atoms with Crippen molar-refractivity contribution in [2.45, 2.75) is 26.4 Å². The number of amides is 1. The number of benzene rings is 2. The monoisotopic (exact) mass is 434 g/mol. The molecule has 3 aromatic rings. The Bertz CT molecular complexity index is 1070. The third-order valence-electron chi connectivity index (χ3n) is 4.15. The molecule has 0 spiro atoms. The van der Waals surface area contributed by atoms with E-state index < -0.39 is 10.8 Å². The maximum absolute atomic E-state index is 13.0. The summed E-state index contributed by atoms with van der Waals surface area (Å²) >= 11 is 12.0. The predicted octanol–water partition coefficient (Wildman–Crippen LogP) is 5.00. The molecule has 0 unspecified atom stereocenters. The first-order valence-corrected chi connectivity index (χ1v) is 9.35. The molecule has 8 nitrogen and oxygen atoms in total. The molecule has 0 aliphatic heterocycles. The molecule has 0 saturated heterocycles. The lowest BCUT2D eigenvalue weighted by atomic mass is 10.1. The van der Waals surface area contributed by atoms with Crippen LogP contribution in [0, 0.1) is 10.1 Å². The fraction of sp³-hybridized carbons (Fsp3) is 0.211. The van der Waals surface area contributed by atoms with Crippen molar-refractivity contribution in [3.05, 3.63) is 74.1 Å². The smallest absolute Gasteiger partial charge is 0.288 e. The second-order valence-electron chi connectivity index (χ2n) is 6.43. The van der Waals surface area contributed by atoms with Crippen LogP contribution < -0.4 is 0 Å². The number of nitrogens with zero attached hydrogens (tertiary/aromatic N) is 4. The second-order valence-corrected chi connectivity index (χ2v) is 7.25. The Morgan fingerprint density at radius 3 is 2.55 bits per heavy atom. The minimum absolute atomic E-state index is 0.0321. The topological polar surface area (TPSA) is 102 Å². The highest BCUT2D eigenvalue weighted by molar-refractivity contribution is 6.33. The summed E-state index contributed by atoms with van der Waals surface area (Å²) in [5.41, 5.74) is 0.393. The molecule has 2 aromatic carbocycles. The second kappa shape index (κ2) is 8.59. The minimum atomic E-state index is -0.632. The number of nitro benzene ring substituents is 1. The quantitative estimate of drug-likeness (QED) is 0.399. The SMILES string of the molecule is CC(C)N(Cc1nnc(-c2ccccc2Cl)o1)C(=O)c1ccc(Cl)c([N+](=O)[O-])c1. The summed E-state index contributed by atoms with van der Waals surface area (Å²) in [6.07, 6.45) is 0. The third-order valence-corrected chi connectivity index (χ3v) is 4.80. The number of carbonyl (C=O) groups is 1. The highest BCUT2D eigenvalue weighted by Gasteiger charge is 2.24. The van der Waals surface area contributed by atoms with Crippen molar-refractivity contribution < 1.29 is 14.1 Å². The van der Waals surface area contributed by atoms with Crippen LogP contribution in [0.2, 0.25) is 10.0 Å². The van der Waals surface area contributed by atoms with Crippen LogP contribution in [-0.4, -0.2) is 32.0 Å². The van der Waals surface area contributed by atoms with Gasteiger partial charge in [0.2, 0.25) is 11.8 Å². The van der Waals surface area contributed by atoms with Gasteiger partial charge in [0.05, 0.1) is 22.1 Å². The maximum atomic E-state index is 13.0. The van der Waals surface area contributed by atoms with Crippen molar-refractivity contribution in [2.75, 3.05) is 0 Å². The van der Waals surface area contributed by atoms with Crippen molar-refractivity contribution in [2.24, 2.45) is 0 Å². The maximum Gasteiger partial charge on any atom is 0.288 e. The lowest BCUT2D eigenvalue weighted by Crippen LogP contribution is -2.36. The van der Waals surface area contributed by atoms with Crippen molar-refractivity contribution in [1.29, 1.82) is 0 Å². The van der Waals surface area contributed by atoms with E-state index in [1.165, 1.54) is 17.0 Å². The number of hydrogen-bond acceptors (Lipinski definition) is 6. The molecule has 0 saturated carbocycles. The molecule has 0 aliphatic carbocycles. The molecule has 29 heavy (non-hydrogen) atoms.